The smallest absolute Gasteiger partial charge is 0.137 e. The minimum atomic E-state index is 0.301. The standard InChI is InChI=1S/C13H16N2OS/c1-15-10-11(9-14-15)8-12(16)4-2-5-13-6-3-7-17-13/h3,6-7,9-10H,2,4-5,8H2,1H3. The van der Waals surface area contributed by atoms with Crippen LogP contribution in [-0.2, 0) is 24.7 Å². The third kappa shape index (κ3) is 3.82. The molecule has 0 aliphatic rings. The number of thiophene rings is 1. The summed E-state index contributed by atoms with van der Waals surface area (Å²) >= 11 is 1.76. The van der Waals surface area contributed by atoms with Gasteiger partial charge in [0.05, 0.1) is 6.20 Å². The van der Waals surface area contributed by atoms with Gasteiger partial charge in [-0.1, -0.05) is 6.07 Å². The maximum Gasteiger partial charge on any atom is 0.137 e. The van der Waals surface area contributed by atoms with Gasteiger partial charge >= 0.3 is 0 Å². The Morgan fingerprint density at radius 2 is 2.41 bits per heavy atom. The van der Waals surface area contributed by atoms with Crippen molar-refractivity contribution >= 4 is 17.1 Å². The van der Waals surface area contributed by atoms with E-state index in [9.17, 15) is 4.79 Å². The minimum Gasteiger partial charge on any atom is -0.299 e. The molecule has 0 aliphatic carbocycles. The third-order valence-corrected chi connectivity index (χ3v) is 3.55. The molecule has 0 atom stereocenters. The number of aryl methyl sites for hydroxylation is 2. The Morgan fingerprint density at radius 1 is 1.53 bits per heavy atom. The number of nitrogens with zero attached hydrogens (tertiary/aromatic N) is 2. The van der Waals surface area contributed by atoms with E-state index in [1.54, 1.807) is 22.2 Å². The molecule has 2 rings (SSSR count). The Balaban J connectivity index is 1.71. The summed E-state index contributed by atoms with van der Waals surface area (Å²) in [5.41, 5.74) is 1.01. The molecule has 0 aliphatic heterocycles. The molecule has 0 saturated carbocycles. The summed E-state index contributed by atoms with van der Waals surface area (Å²) in [5.74, 6) is 0.301. The highest BCUT2D eigenvalue weighted by Gasteiger charge is 2.05. The zero-order chi connectivity index (χ0) is 12.1. The molecule has 0 radical (unpaired) electrons. The van der Waals surface area contributed by atoms with Crippen molar-refractivity contribution in [2.24, 2.45) is 7.05 Å². The molecule has 0 spiro atoms. The van der Waals surface area contributed by atoms with E-state index in [-0.39, 0.29) is 0 Å². The summed E-state index contributed by atoms with van der Waals surface area (Å²) in [6.07, 6.45) is 6.79. The summed E-state index contributed by atoms with van der Waals surface area (Å²) in [6.45, 7) is 0. The van der Waals surface area contributed by atoms with E-state index in [2.05, 4.69) is 22.6 Å². The zero-order valence-electron chi connectivity index (χ0n) is 9.93. The average Bonchev–Trinajstić information content (AvgIpc) is 2.90. The Labute approximate surface area is 105 Å². The van der Waals surface area contributed by atoms with Crippen LogP contribution >= 0.6 is 11.3 Å². The maximum atomic E-state index is 11.7. The van der Waals surface area contributed by atoms with Crippen LogP contribution in [0.2, 0.25) is 0 Å². The summed E-state index contributed by atoms with van der Waals surface area (Å²) in [6, 6.07) is 4.17. The van der Waals surface area contributed by atoms with Crippen LogP contribution in [0.15, 0.2) is 29.9 Å². The van der Waals surface area contributed by atoms with E-state index >= 15 is 0 Å². The van der Waals surface area contributed by atoms with Crippen molar-refractivity contribution in [1.82, 2.24) is 9.78 Å². The average molecular weight is 248 g/mol. The fraction of sp³-hybridized carbons (Fsp3) is 0.385. The van der Waals surface area contributed by atoms with Crippen molar-refractivity contribution in [3.8, 4) is 0 Å². The normalized spacial score (nSPS) is 10.6. The van der Waals surface area contributed by atoms with Crippen molar-refractivity contribution < 1.29 is 4.79 Å². The molecule has 0 saturated heterocycles. The van der Waals surface area contributed by atoms with Crippen LogP contribution in [0.5, 0.6) is 0 Å². The zero-order valence-corrected chi connectivity index (χ0v) is 10.7. The van der Waals surface area contributed by atoms with E-state index in [0.29, 0.717) is 18.6 Å². The van der Waals surface area contributed by atoms with E-state index in [4.69, 9.17) is 0 Å². The van der Waals surface area contributed by atoms with Gasteiger partial charge in [0.15, 0.2) is 0 Å². The Bertz CT molecular complexity index is 473. The van der Waals surface area contributed by atoms with Gasteiger partial charge in [0, 0.05) is 31.0 Å². The van der Waals surface area contributed by atoms with E-state index < -0.39 is 0 Å². The summed E-state index contributed by atoms with van der Waals surface area (Å²) in [7, 11) is 1.87. The highest BCUT2D eigenvalue weighted by atomic mass is 32.1. The number of rotatable bonds is 6. The molecule has 0 unspecified atom stereocenters. The number of carbonyl (C=O) groups excluding carboxylic acids is 1. The fourth-order valence-corrected chi connectivity index (χ4v) is 2.55. The van der Waals surface area contributed by atoms with Crippen LogP contribution < -0.4 is 0 Å². The van der Waals surface area contributed by atoms with Crippen molar-refractivity contribution in [1.29, 1.82) is 0 Å². The van der Waals surface area contributed by atoms with Gasteiger partial charge in [-0.25, -0.2) is 0 Å². The van der Waals surface area contributed by atoms with Crippen LogP contribution in [0, 0.1) is 0 Å². The molecule has 0 fully saturated rings. The topological polar surface area (TPSA) is 34.9 Å². The highest BCUT2D eigenvalue weighted by molar-refractivity contribution is 7.09. The number of Topliss-reactive ketones (excluding diaryl/α,β-unsaturated/α-hetero) is 1. The van der Waals surface area contributed by atoms with E-state index in [0.717, 1.165) is 18.4 Å². The van der Waals surface area contributed by atoms with Gasteiger partial charge in [0.2, 0.25) is 0 Å². The SMILES string of the molecule is Cn1cc(CC(=O)CCCc2cccs2)cn1. The lowest BCUT2D eigenvalue weighted by atomic mass is 10.1. The minimum absolute atomic E-state index is 0.301. The second-order valence-electron chi connectivity index (χ2n) is 4.17. The first-order valence-corrected chi connectivity index (χ1v) is 6.63. The molecular formula is C13H16N2OS. The second-order valence-corrected chi connectivity index (χ2v) is 5.20. The number of carbonyl (C=O) groups is 1. The molecule has 2 heterocycles. The molecule has 0 N–H and O–H groups in total. The summed E-state index contributed by atoms with van der Waals surface area (Å²) < 4.78 is 1.73. The van der Waals surface area contributed by atoms with Crippen LogP contribution in [-0.4, -0.2) is 15.6 Å². The van der Waals surface area contributed by atoms with Gasteiger partial charge in [-0.3, -0.25) is 9.48 Å². The lowest BCUT2D eigenvalue weighted by Crippen LogP contribution is -2.02. The van der Waals surface area contributed by atoms with Crippen LogP contribution in [0.1, 0.15) is 23.3 Å². The molecule has 0 bridgehead atoms. The summed E-state index contributed by atoms with van der Waals surface area (Å²) in [4.78, 5) is 13.1. The Morgan fingerprint density at radius 3 is 3.06 bits per heavy atom. The lowest BCUT2D eigenvalue weighted by Gasteiger charge is -1.98. The van der Waals surface area contributed by atoms with Gasteiger partial charge in [-0.05, 0) is 29.9 Å². The predicted molar refractivity (Wildman–Crippen MR) is 69.2 cm³/mol. The van der Waals surface area contributed by atoms with Crippen molar-refractivity contribution in [2.45, 2.75) is 25.7 Å². The summed E-state index contributed by atoms with van der Waals surface area (Å²) in [5, 5.41) is 6.13. The molecule has 3 nitrogen and oxygen atoms in total. The Kier molecular flexibility index (Phi) is 4.09. The molecule has 90 valence electrons. The van der Waals surface area contributed by atoms with Crippen molar-refractivity contribution in [3.63, 3.8) is 0 Å². The van der Waals surface area contributed by atoms with E-state index in [1.807, 2.05) is 13.2 Å². The number of aromatic nitrogens is 2. The van der Waals surface area contributed by atoms with Crippen LogP contribution in [0.25, 0.3) is 0 Å². The fourth-order valence-electron chi connectivity index (χ4n) is 1.79. The molecule has 4 heteroatoms. The van der Waals surface area contributed by atoms with Crippen LogP contribution in [0.4, 0.5) is 0 Å². The van der Waals surface area contributed by atoms with Gasteiger partial charge in [-0.2, -0.15) is 5.10 Å². The van der Waals surface area contributed by atoms with Gasteiger partial charge in [-0.15, -0.1) is 11.3 Å². The first-order valence-electron chi connectivity index (χ1n) is 5.75. The van der Waals surface area contributed by atoms with Crippen molar-refractivity contribution in [2.75, 3.05) is 0 Å². The number of ketones is 1. The number of hydrogen-bond donors (Lipinski definition) is 0. The van der Waals surface area contributed by atoms with Gasteiger partial charge in [0.25, 0.3) is 0 Å². The third-order valence-electron chi connectivity index (χ3n) is 2.62. The molecule has 0 aromatic carbocycles. The quantitative estimate of drug-likeness (QED) is 0.787. The maximum absolute atomic E-state index is 11.7. The van der Waals surface area contributed by atoms with E-state index in [1.165, 1.54) is 4.88 Å². The predicted octanol–water partition coefficient (Wildman–Crippen LogP) is 2.62. The largest absolute Gasteiger partial charge is 0.299 e. The first kappa shape index (κ1) is 12.0. The molecule has 2 aromatic rings. The lowest BCUT2D eigenvalue weighted by molar-refractivity contribution is -0.118. The molecule has 17 heavy (non-hydrogen) atoms. The molecule has 2 aromatic heterocycles. The number of hydrogen-bond acceptors (Lipinski definition) is 3. The molecule has 0 amide bonds. The highest BCUT2D eigenvalue weighted by Crippen LogP contribution is 2.12. The van der Waals surface area contributed by atoms with Gasteiger partial charge < -0.3 is 0 Å². The van der Waals surface area contributed by atoms with Crippen LogP contribution in [0.3, 0.4) is 0 Å². The molecular weight excluding hydrogens is 232 g/mol. The first-order chi connectivity index (χ1) is 8.24. The Hall–Kier alpha value is -1.42. The van der Waals surface area contributed by atoms with Crippen molar-refractivity contribution in [3.05, 3.63) is 40.3 Å². The second kappa shape index (κ2) is 5.77. The monoisotopic (exact) mass is 248 g/mol. The van der Waals surface area contributed by atoms with Gasteiger partial charge in [0.1, 0.15) is 5.78 Å².